The first-order valence-corrected chi connectivity index (χ1v) is 6.73. The minimum absolute atomic E-state index is 0.00371. The molecule has 0 amide bonds. The van der Waals surface area contributed by atoms with Crippen molar-refractivity contribution in [2.75, 3.05) is 0 Å². The van der Waals surface area contributed by atoms with Crippen LogP contribution >= 0.6 is 11.6 Å². The molecule has 0 spiro atoms. The number of halogens is 2. The summed E-state index contributed by atoms with van der Waals surface area (Å²) in [5, 5.41) is 15.1. The lowest BCUT2D eigenvalue weighted by Crippen LogP contribution is -2.23. The second kappa shape index (κ2) is 5.49. The Hall–Kier alpha value is -2.28. The molecule has 0 radical (unpaired) electrons. The van der Waals surface area contributed by atoms with Gasteiger partial charge >= 0.3 is 0 Å². The van der Waals surface area contributed by atoms with E-state index in [0.29, 0.717) is 6.29 Å². The van der Waals surface area contributed by atoms with Gasteiger partial charge in [0.05, 0.1) is 16.0 Å². The number of nitrogens with zero attached hydrogens (tertiary/aromatic N) is 3. The molecule has 0 fully saturated rings. The Bertz CT molecular complexity index is 765. The van der Waals surface area contributed by atoms with Crippen molar-refractivity contribution in [2.45, 2.75) is 26.3 Å². The lowest BCUT2D eigenvalue weighted by molar-refractivity contribution is -0.384. The van der Waals surface area contributed by atoms with Crippen molar-refractivity contribution in [3.63, 3.8) is 0 Å². The summed E-state index contributed by atoms with van der Waals surface area (Å²) in [6.07, 6.45) is 0.463. The average molecular weight is 326 g/mol. The van der Waals surface area contributed by atoms with E-state index in [0.717, 1.165) is 18.2 Å². The van der Waals surface area contributed by atoms with E-state index in [1.807, 2.05) is 20.8 Å². The number of nitro benzene ring substituents is 1. The molecule has 0 unspecified atom stereocenters. The summed E-state index contributed by atoms with van der Waals surface area (Å²) < 4.78 is 15.4. The molecule has 0 saturated carbocycles. The number of hydrogen-bond acceptors (Lipinski definition) is 4. The van der Waals surface area contributed by atoms with Gasteiger partial charge in [-0.2, -0.15) is 5.10 Å². The fourth-order valence-electron chi connectivity index (χ4n) is 1.97. The van der Waals surface area contributed by atoms with E-state index in [9.17, 15) is 19.3 Å². The van der Waals surface area contributed by atoms with Crippen LogP contribution < -0.4 is 0 Å². The van der Waals surface area contributed by atoms with Crippen LogP contribution in [0.25, 0.3) is 11.3 Å². The monoisotopic (exact) mass is 325 g/mol. The highest BCUT2D eigenvalue weighted by Crippen LogP contribution is 2.34. The van der Waals surface area contributed by atoms with Crippen LogP contribution in [-0.2, 0) is 5.54 Å². The highest BCUT2D eigenvalue weighted by Gasteiger charge is 2.26. The van der Waals surface area contributed by atoms with Gasteiger partial charge in [-0.1, -0.05) is 11.6 Å². The lowest BCUT2D eigenvalue weighted by Gasteiger charge is -2.20. The predicted molar refractivity (Wildman–Crippen MR) is 79.7 cm³/mol. The van der Waals surface area contributed by atoms with Crippen LogP contribution in [0.15, 0.2) is 18.2 Å². The third kappa shape index (κ3) is 2.71. The van der Waals surface area contributed by atoms with Crippen molar-refractivity contribution in [3.8, 4) is 11.3 Å². The van der Waals surface area contributed by atoms with Gasteiger partial charge in [-0.15, -0.1) is 0 Å². The quantitative estimate of drug-likeness (QED) is 0.488. The molecular formula is C14H13ClFN3O3. The first kappa shape index (κ1) is 16.1. The van der Waals surface area contributed by atoms with Crippen LogP contribution in [0.2, 0.25) is 5.15 Å². The van der Waals surface area contributed by atoms with Gasteiger partial charge in [-0.3, -0.25) is 14.9 Å². The minimum Gasteiger partial charge on any atom is -0.298 e. The highest BCUT2D eigenvalue weighted by molar-refractivity contribution is 6.32. The normalized spacial score (nSPS) is 11.5. The maximum Gasteiger partial charge on any atom is 0.270 e. The van der Waals surface area contributed by atoms with Crippen LogP contribution in [0.1, 0.15) is 31.1 Å². The van der Waals surface area contributed by atoms with Gasteiger partial charge < -0.3 is 0 Å². The zero-order valence-electron chi connectivity index (χ0n) is 12.1. The Morgan fingerprint density at radius 3 is 2.55 bits per heavy atom. The Balaban J connectivity index is 2.75. The number of nitro groups is 1. The molecule has 2 rings (SSSR count). The summed E-state index contributed by atoms with van der Waals surface area (Å²) in [5.41, 5.74) is -0.993. The Morgan fingerprint density at radius 1 is 1.41 bits per heavy atom. The summed E-state index contributed by atoms with van der Waals surface area (Å²) >= 11 is 6.13. The topological polar surface area (TPSA) is 78.0 Å². The van der Waals surface area contributed by atoms with E-state index in [1.165, 1.54) is 4.68 Å². The van der Waals surface area contributed by atoms with Gasteiger partial charge in [-0.25, -0.2) is 9.07 Å². The fourth-order valence-corrected chi connectivity index (χ4v) is 2.39. The zero-order valence-corrected chi connectivity index (χ0v) is 12.9. The molecule has 0 aliphatic heterocycles. The van der Waals surface area contributed by atoms with Crippen molar-refractivity contribution >= 4 is 23.6 Å². The number of carbonyl (C=O) groups is 1. The number of aromatic nitrogens is 2. The van der Waals surface area contributed by atoms with Crippen LogP contribution in [0.4, 0.5) is 10.1 Å². The molecule has 0 aliphatic rings. The molecule has 1 heterocycles. The van der Waals surface area contributed by atoms with Crippen LogP contribution in [0.3, 0.4) is 0 Å². The minimum atomic E-state index is -0.719. The highest BCUT2D eigenvalue weighted by atomic mass is 35.5. The van der Waals surface area contributed by atoms with E-state index in [4.69, 9.17) is 11.6 Å². The van der Waals surface area contributed by atoms with E-state index in [1.54, 1.807) is 0 Å². The Kier molecular flexibility index (Phi) is 4.02. The first-order valence-electron chi connectivity index (χ1n) is 6.35. The molecule has 8 heteroatoms. The molecule has 6 nitrogen and oxygen atoms in total. The molecule has 1 aromatic carbocycles. The SMILES string of the molecule is CC(C)(C)n1nc(-c2cc([N+](=O)[O-])ccc2F)c(C=O)c1Cl. The lowest BCUT2D eigenvalue weighted by atomic mass is 10.1. The molecule has 0 bridgehead atoms. The molecule has 0 N–H and O–H groups in total. The van der Waals surface area contributed by atoms with E-state index < -0.39 is 16.3 Å². The van der Waals surface area contributed by atoms with E-state index in [2.05, 4.69) is 5.10 Å². The molecule has 22 heavy (non-hydrogen) atoms. The van der Waals surface area contributed by atoms with Gasteiger partial charge in [0, 0.05) is 17.7 Å². The van der Waals surface area contributed by atoms with Crippen molar-refractivity contribution in [1.82, 2.24) is 9.78 Å². The second-order valence-electron chi connectivity index (χ2n) is 5.67. The predicted octanol–water partition coefficient (Wildman–Crippen LogP) is 3.82. The van der Waals surface area contributed by atoms with Crippen molar-refractivity contribution in [1.29, 1.82) is 0 Å². The third-order valence-corrected chi connectivity index (χ3v) is 3.40. The molecule has 2 aromatic rings. The number of non-ortho nitro benzene ring substituents is 1. The molecule has 0 aliphatic carbocycles. The van der Waals surface area contributed by atoms with E-state index in [-0.39, 0.29) is 27.7 Å². The summed E-state index contributed by atoms with van der Waals surface area (Å²) in [6.45, 7) is 5.44. The van der Waals surface area contributed by atoms with Crippen molar-refractivity contribution in [2.24, 2.45) is 0 Å². The van der Waals surface area contributed by atoms with Gasteiger partial charge in [0.25, 0.3) is 5.69 Å². The Morgan fingerprint density at radius 2 is 2.05 bits per heavy atom. The van der Waals surface area contributed by atoms with Crippen LogP contribution in [-0.4, -0.2) is 21.0 Å². The number of rotatable bonds is 3. The maximum absolute atomic E-state index is 14.0. The fraction of sp³-hybridized carbons (Fsp3) is 0.286. The largest absolute Gasteiger partial charge is 0.298 e. The van der Waals surface area contributed by atoms with Gasteiger partial charge in [0.1, 0.15) is 16.7 Å². The number of aldehydes is 1. The number of hydrogen-bond donors (Lipinski definition) is 0. The number of benzene rings is 1. The summed E-state index contributed by atoms with van der Waals surface area (Å²) in [6, 6.07) is 3.04. The van der Waals surface area contributed by atoms with Crippen LogP contribution in [0.5, 0.6) is 0 Å². The maximum atomic E-state index is 14.0. The molecular weight excluding hydrogens is 313 g/mol. The molecule has 116 valence electrons. The van der Waals surface area contributed by atoms with Gasteiger partial charge in [0.2, 0.25) is 0 Å². The van der Waals surface area contributed by atoms with Crippen molar-refractivity contribution < 1.29 is 14.1 Å². The number of carbonyl (C=O) groups excluding carboxylic acids is 1. The smallest absolute Gasteiger partial charge is 0.270 e. The second-order valence-corrected chi connectivity index (χ2v) is 6.03. The molecule has 1 aromatic heterocycles. The van der Waals surface area contributed by atoms with Gasteiger partial charge in [-0.05, 0) is 26.8 Å². The van der Waals surface area contributed by atoms with E-state index >= 15 is 0 Å². The summed E-state index contributed by atoms with van der Waals surface area (Å²) in [5.74, 6) is -0.719. The molecule has 0 saturated heterocycles. The zero-order chi connectivity index (χ0) is 16.7. The van der Waals surface area contributed by atoms with Crippen LogP contribution in [0, 0.1) is 15.9 Å². The standard InChI is InChI=1S/C14H13ClFN3O3/c1-14(2,3)18-13(15)10(7-20)12(17-18)9-6-8(19(21)22)4-5-11(9)16/h4-7H,1-3H3. The average Bonchev–Trinajstić information content (AvgIpc) is 2.75. The summed E-state index contributed by atoms with van der Waals surface area (Å²) in [4.78, 5) is 21.5. The first-order chi connectivity index (χ1) is 10.2. The summed E-state index contributed by atoms with van der Waals surface area (Å²) in [7, 11) is 0. The van der Waals surface area contributed by atoms with Crippen molar-refractivity contribution in [3.05, 3.63) is 44.8 Å². The molecule has 0 atom stereocenters. The van der Waals surface area contributed by atoms with Gasteiger partial charge in [0.15, 0.2) is 6.29 Å². The third-order valence-electron chi connectivity index (χ3n) is 3.03. The Labute approximate surface area is 130 Å².